The maximum absolute atomic E-state index is 4.99. The van der Waals surface area contributed by atoms with Crippen LogP contribution in [0.3, 0.4) is 0 Å². The average molecular weight is 485 g/mol. The van der Waals surface area contributed by atoms with Crippen molar-refractivity contribution in [3.63, 3.8) is 0 Å². The van der Waals surface area contributed by atoms with E-state index in [0.717, 1.165) is 38.9 Å². The summed E-state index contributed by atoms with van der Waals surface area (Å²) in [6.07, 6.45) is 0. The van der Waals surface area contributed by atoms with Gasteiger partial charge in [-0.15, -0.1) is 0 Å². The lowest BCUT2D eigenvalue weighted by Crippen LogP contribution is -2.14. The van der Waals surface area contributed by atoms with Crippen molar-refractivity contribution in [2.45, 2.75) is 0 Å². The highest BCUT2D eigenvalue weighted by molar-refractivity contribution is 6.38. The molecule has 3 nitrogen and oxygen atoms in total. The lowest BCUT2D eigenvalue weighted by Gasteiger charge is -2.11. The molecule has 178 valence electrons. The fourth-order valence-corrected chi connectivity index (χ4v) is 4.80. The maximum Gasteiger partial charge on any atom is 0.164 e. The van der Waals surface area contributed by atoms with Crippen molar-refractivity contribution in [3.05, 3.63) is 127 Å². The predicted octanol–water partition coefficient (Wildman–Crippen LogP) is 4.72. The van der Waals surface area contributed by atoms with Crippen LogP contribution in [0.5, 0.6) is 0 Å². The van der Waals surface area contributed by atoms with Crippen molar-refractivity contribution in [2.24, 2.45) is 0 Å². The third-order valence-electron chi connectivity index (χ3n) is 6.57. The number of benzene rings is 5. The van der Waals surface area contributed by atoms with E-state index in [2.05, 4.69) is 131 Å². The van der Waals surface area contributed by atoms with Crippen LogP contribution in [0.25, 0.3) is 56.4 Å². The molecule has 0 aliphatic rings. The molecule has 0 N–H and O–H groups in total. The first-order valence-corrected chi connectivity index (χ1v) is 12.8. The SMILES string of the molecule is Bc1cc(B)cc(-c2nc(-c3cccc(-c4ccccc4)c3)nc(-c3cccc(-c4ccccc4)c3)n2)c1. The summed E-state index contributed by atoms with van der Waals surface area (Å²) in [6.45, 7) is 0. The number of hydrogen-bond donors (Lipinski definition) is 0. The van der Waals surface area contributed by atoms with Crippen molar-refractivity contribution < 1.29 is 0 Å². The lowest BCUT2D eigenvalue weighted by atomic mass is 9.85. The summed E-state index contributed by atoms with van der Waals surface area (Å²) < 4.78 is 0. The maximum atomic E-state index is 4.99. The first-order chi connectivity index (χ1) is 18.6. The Bertz CT molecular complexity index is 1610. The summed E-state index contributed by atoms with van der Waals surface area (Å²) in [5.74, 6) is 1.99. The van der Waals surface area contributed by atoms with E-state index in [-0.39, 0.29) is 0 Å². The van der Waals surface area contributed by atoms with Gasteiger partial charge in [0.05, 0.1) is 0 Å². The quantitative estimate of drug-likeness (QED) is 0.332. The predicted molar refractivity (Wildman–Crippen MR) is 163 cm³/mol. The van der Waals surface area contributed by atoms with Crippen molar-refractivity contribution in [1.82, 2.24) is 15.0 Å². The molecular formula is C33H25B2N3. The van der Waals surface area contributed by atoms with Crippen LogP contribution < -0.4 is 10.9 Å². The molecule has 0 atom stereocenters. The number of rotatable bonds is 5. The van der Waals surface area contributed by atoms with Gasteiger partial charge >= 0.3 is 0 Å². The van der Waals surface area contributed by atoms with Gasteiger partial charge in [-0.05, 0) is 34.4 Å². The molecule has 1 heterocycles. The van der Waals surface area contributed by atoms with Gasteiger partial charge in [0.2, 0.25) is 0 Å². The van der Waals surface area contributed by atoms with E-state index in [1.54, 1.807) is 0 Å². The van der Waals surface area contributed by atoms with Crippen molar-refractivity contribution in [2.75, 3.05) is 0 Å². The fourth-order valence-electron chi connectivity index (χ4n) is 4.80. The molecular weight excluding hydrogens is 460 g/mol. The molecule has 6 aromatic rings. The van der Waals surface area contributed by atoms with E-state index in [1.165, 1.54) is 10.9 Å². The summed E-state index contributed by atoms with van der Waals surface area (Å²) in [5.41, 5.74) is 9.85. The van der Waals surface area contributed by atoms with Crippen LogP contribution in [-0.2, 0) is 0 Å². The molecule has 0 spiro atoms. The van der Waals surface area contributed by atoms with Gasteiger partial charge in [-0.1, -0.05) is 126 Å². The number of nitrogens with zero attached hydrogens (tertiary/aromatic N) is 3. The van der Waals surface area contributed by atoms with Crippen LogP contribution in [-0.4, -0.2) is 30.6 Å². The summed E-state index contributed by atoms with van der Waals surface area (Å²) in [7, 11) is 4.21. The van der Waals surface area contributed by atoms with Crippen molar-refractivity contribution in [3.8, 4) is 56.4 Å². The first kappa shape index (κ1) is 23.6. The Labute approximate surface area is 225 Å². The Kier molecular flexibility index (Phi) is 6.41. The molecule has 0 unspecified atom stereocenters. The molecule has 0 radical (unpaired) electrons. The molecule has 5 heteroatoms. The number of aromatic nitrogens is 3. The van der Waals surface area contributed by atoms with Crippen LogP contribution in [0.15, 0.2) is 127 Å². The molecule has 0 saturated heterocycles. The second-order valence-corrected chi connectivity index (χ2v) is 9.58. The van der Waals surface area contributed by atoms with Crippen LogP contribution >= 0.6 is 0 Å². The molecule has 1 aromatic heterocycles. The van der Waals surface area contributed by atoms with Crippen LogP contribution in [0.2, 0.25) is 0 Å². The summed E-state index contributed by atoms with van der Waals surface area (Å²) in [4.78, 5) is 14.9. The highest BCUT2D eigenvalue weighted by Crippen LogP contribution is 2.29. The molecule has 0 amide bonds. The summed E-state index contributed by atoms with van der Waals surface area (Å²) >= 11 is 0. The minimum atomic E-state index is 0.659. The van der Waals surface area contributed by atoms with Gasteiger partial charge in [0.25, 0.3) is 0 Å². The molecule has 0 saturated carbocycles. The normalized spacial score (nSPS) is 10.8. The Morgan fingerprint density at radius 2 is 0.684 bits per heavy atom. The highest BCUT2D eigenvalue weighted by atomic mass is 15.0. The van der Waals surface area contributed by atoms with Crippen LogP contribution in [0.4, 0.5) is 0 Å². The molecule has 0 aliphatic carbocycles. The monoisotopic (exact) mass is 485 g/mol. The van der Waals surface area contributed by atoms with Crippen LogP contribution in [0.1, 0.15) is 0 Å². The van der Waals surface area contributed by atoms with Crippen LogP contribution in [0, 0.1) is 0 Å². The van der Waals surface area contributed by atoms with E-state index < -0.39 is 0 Å². The smallest absolute Gasteiger partial charge is 0.164 e. The van der Waals surface area contributed by atoms with E-state index in [0.29, 0.717) is 17.5 Å². The minimum absolute atomic E-state index is 0.659. The Morgan fingerprint density at radius 1 is 0.316 bits per heavy atom. The Morgan fingerprint density at radius 3 is 1.13 bits per heavy atom. The minimum Gasteiger partial charge on any atom is -0.208 e. The van der Waals surface area contributed by atoms with E-state index >= 15 is 0 Å². The highest BCUT2D eigenvalue weighted by Gasteiger charge is 2.14. The van der Waals surface area contributed by atoms with Gasteiger partial charge in [0.1, 0.15) is 15.7 Å². The fraction of sp³-hybridized carbons (Fsp3) is 0. The third-order valence-corrected chi connectivity index (χ3v) is 6.57. The van der Waals surface area contributed by atoms with Gasteiger partial charge < -0.3 is 0 Å². The van der Waals surface area contributed by atoms with Gasteiger partial charge in [0, 0.05) is 16.7 Å². The molecule has 0 bridgehead atoms. The average Bonchev–Trinajstić information content (AvgIpc) is 2.97. The zero-order valence-corrected chi connectivity index (χ0v) is 21.5. The molecule has 5 aromatic carbocycles. The Balaban J connectivity index is 1.52. The third kappa shape index (κ3) is 5.05. The molecule has 38 heavy (non-hydrogen) atoms. The molecule has 0 fully saturated rings. The Hall–Kier alpha value is -4.76. The lowest BCUT2D eigenvalue weighted by molar-refractivity contribution is 1.07. The summed E-state index contributed by atoms with van der Waals surface area (Å²) in [6, 6.07) is 44.0. The van der Waals surface area contributed by atoms with Crippen molar-refractivity contribution >= 4 is 26.6 Å². The zero-order valence-electron chi connectivity index (χ0n) is 21.5. The van der Waals surface area contributed by atoms with E-state index in [9.17, 15) is 0 Å². The van der Waals surface area contributed by atoms with Gasteiger partial charge in [-0.25, -0.2) is 15.0 Å². The largest absolute Gasteiger partial charge is 0.208 e. The van der Waals surface area contributed by atoms with Gasteiger partial charge in [-0.2, -0.15) is 0 Å². The van der Waals surface area contributed by atoms with Crippen molar-refractivity contribution in [1.29, 1.82) is 0 Å². The standard InChI is InChI=1S/C33H25B2N3/c34-29-19-28(20-30(35)21-29)33-37-31(26-15-7-13-24(17-26)22-9-3-1-4-10-22)36-32(38-33)27-16-8-14-25(18-27)23-11-5-2-6-12-23/h1-21H,34-35H2. The van der Waals surface area contributed by atoms with Gasteiger partial charge in [0.15, 0.2) is 17.5 Å². The second kappa shape index (κ2) is 10.3. The zero-order chi connectivity index (χ0) is 25.9. The molecule has 6 rings (SSSR count). The second-order valence-electron chi connectivity index (χ2n) is 9.58. The first-order valence-electron chi connectivity index (χ1n) is 12.8. The summed E-state index contributed by atoms with van der Waals surface area (Å²) in [5, 5.41) is 0. The molecule has 0 aliphatic heterocycles. The number of hydrogen-bond acceptors (Lipinski definition) is 3. The van der Waals surface area contributed by atoms with E-state index in [4.69, 9.17) is 15.0 Å². The topological polar surface area (TPSA) is 38.7 Å². The van der Waals surface area contributed by atoms with E-state index in [1.807, 2.05) is 12.1 Å². The van der Waals surface area contributed by atoms with Gasteiger partial charge in [-0.3, -0.25) is 0 Å².